The van der Waals surface area contributed by atoms with E-state index in [0.717, 1.165) is 4.90 Å². The molecule has 4 nitrogen and oxygen atoms in total. The summed E-state index contributed by atoms with van der Waals surface area (Å²) >= 11 is 1.26. The normalized spacial score (nSPS) is 14.0. The predicted molar refractivity (Wildman–Crippen MR) is 98.5 cm³/mol. The smallest absolute Gasteiger partial charge is 0.203 e. The van der Waals surface area contributed by atoms with Crippen LogP contribution in [0.25, 0.3) is 0 Å². The highest BCUT2D eigenvalue weighted by Gasteiger charge is 2.22. The quantitative estimate of drug-likeness (QED) is 0.653. The van der Waals surface area contributed by atoms with Crippen LogP contribution >= 0.6 is 11.8 Å². The molecule has 0 spiro atoms. The number of hydrogen-bond acceptors (Lipinski definition) is 5. The van der Waals surface area contributed by atoms with Crippen molar-refractivity contribution in [1.29, 1.82) is 0 Å². The molecule has 3 rings (SSSR count). The lowest BCUT2D eigenvalue weighted by Gasteiger charge is -2.15. The van der Waals surface area contributed by atoms with Gasteiger partial charge in [0, 0.05) is 28.3 Å². The molecule has 0 atom stereocenters. The molecule has 0 fully saturated rings. The third-order valence-electron chi connectivity index (χ3n) is 3.59. The molecule has 0 aliphatic heterocycles. The molecule has 1 aliphatic carbocycles. The Balaban J connectivity index is 1.80. The third-order valence-corrected chi connectivity index (χ3v) is 4.64. The van der Waals surface area contributed by atoms with E-state index in [-0.39, 0.29) is 23.0 Å². The van der Waals surface area contributed by atoms with Gasteiger partial charge in [-0.25, -0.2) is 0 Å². The van der Waals surface area contributed by atoms with Crippen LogP contribution < -0.4 is 5.32 Å². The first-order chi connectivity index (χ1) is 12.0. The van der Waals surface area contributed by atoms with Gasteiger partial charge in [-0.05, 0) is 31.2 Å². The molecule has 25 heavy (non-hydrogen) atoms. The van der Waals surface area contributed by atoms with Crippen LogP contribution in [0.2, 0.25) is 0 Å². The predicted octanol–water partition coefficient (Wildman–Crippen LogP) is 4.01. The minimum atomic E-state index is -0.295. The van der Waals surface area contributed by atoms with Crippen LogP contribution in [-0.4, -0.2) is 17.3 Å². The number of allylic oxidation sites excluding steroid dienone is 3. The fraction of sp³-hybridized carbons (Fsp3) is 0.0500. The highest BCUT2D eigenvalue weighted by atomic mass is 32.2. The number of hydrogen-bond donors (Lipinski definition) is 1. The summed E-state index contributed by atoms with van der Waals surface area (Å²) in [5.41, 5.74) is 1.14. The van der Waals surface area contributed by atoms with Gasteiger partial charge in [0.2, 0.25) is 5.78 Å². The van der Waals surface area contributed by atoms with Crippen molar-refractivity contribution in [3.63, 3.8) is 0 Å². The first kappa shape index (κ1) is 16.9. The van der Waals surface area contributed by atoms with E-state index in [1.54, 1.807) is 24.3 Å². The molecule has 2 aromatic carbocycles. The average Bonchev–Trinajstić information content (AvgIpc) is 2.60. The van der Waals surface area contributed by atoms with E-state index in [1.165, 1.54) is 30.8 Å². The molecule has 124 valence electrons. The summed E-state index contributed by atoms with van der Waals surface area (Å²) < 4.78 is 0. The highest BCUT2D eigenvalue weighted by molar-refractivity contribution is 8.04. The minimum absolute atomic E-state index is 0.117. The molecular weight excluding hydrogens is 334 g/mol. The molecule has 0 saturated heterocycles. The molecule has 2 aromatic rings. The fourth-order valence-electron chi connectivity index (χ4n) is 2.38. The molecular formula is C20H15NO3S. The average molecular weight is 349 g/mol. The van der Waals surface area contributed by atoms with E-state index >= 15 is 0 Å². The van der Waals surface area contributed by atoms with Crippen LogP contribution in [0.15, 0.2) is 82.2 Å². The maximum atomic E-state index is 12.4. The zero-order valence-corrected chi connectivity index (χ0v) is 14.3. The number of nitrogens with one attached hydrogen (secondary N) is 1. The van der Waals surface area contributed by atoms with Gasteiger partial charge >= 0.3 is 0 Å². The molecule has 0 saturated carbocycles. The Labute approximate surface area is 149 Å². The molecule has 0 amide bonds. The molecule has 0 heterocycles. The Morgan fingerprint density at radius 1 is 0.880 bits per heavy atom. The molecule has 0 aromatic heterocycles. The monoisotopic (exact) mass is 349 g/mol. The Bertz CT molecular complexity index is 914. The van der Waals surface area contributed by atoms with Crippen molar-refractivity contribution in [2.24, 2.45) is 0 Å². The van der Waals surface area contributed by atoms with Gasteiger partial charge < -0.3 is 5.32 Å². The summed E-state index contributed by atoms with van der Waals surface area (Å²) in [5, 5.41) is 2.91. The van der Waals surface area contributed by atoms with Crippen molar-refractivity contribution in [3.05, 3.63) is 82.9 Å². The van der Waals surface area contributed by atoms with Gasteiger partial charge in [0.05, 0.1) is 10.6 Å². The van der Waals surface area contributed by atoms with Crippen LogP contribution in [0, 0.1) is 0 Å². The zero-order valence-electron chi connectivity index (χ0n) is 13.5. The summed E-state index contributed by atoms with van der Waals surface area (Å²) in [6.45, 7) is 1.46. The number of carbonyl (C=O) groups excluding carboxylic acids is 3. The SMILES string of the molecule is CC(=O)c1ccccc1NC1=CC(=O)C(Sc2ccccc2)=CC1=O. The third kappa shape index (κ3) is 3.95. The number of para-hydroxylation sites is 1. The lowest BCUT2D eigenvalue weighted by atomic mass is 10.1. The van der Waals surface area contributed by atoms with E-state index in [4.69, 9.17) is 0 Å². The summed E-state index contributed by atoms with van der Waals surface area (Å²) in [4.78, 5) is 37.7. The van der Waals surface area contributed by atoms with Crippen molar-refractivity contribution >= 4 is 34.8 Å². The van der Waals surface area contributed by atoms with Crippen LogP contribution in [0.4, 0.5) is 5.69 Å². The number of carbonyl (C=O) groups is 3. The van der Waals surface area contributed by atoms with Gasteiger partial charge in [-0.15, -0.1) is 0 Å². The number of rotatable bonds is 5. The maximum Gasteiger partial charge on any atom is 0.203 e. The minimum Gasteiger partial charge on any atom is -0.352 e. The van der Waals surface area contributed by atoms with Gasteiger partial charge in [-0.2, -0.15) is 0 Å². The van der Waals surface area contributed by atoms with E-state index in [0.29, 0.717) is 16.2 Å². The summed E-state index contributed by atoms with van der Waals surface area (Å²) in [7, 11) is 0. The number of thioether (sulfide) groups is 1. The van der Waals surface area contributed by atoms with Gasteiger partial charge in [0.15, 0.2) is 11.6 Å². The van der Waals surface area contributed by atoms with Crippen LogP contribution in [-0.2, 0) is 9.59 Å². The molecule has 0 bridgehead atoms. The first-order valence-corrected chi connectivity index (χ1v) is 8.48. The topological polar surface area (TPSA) is 63.2 Å². The second-order valence-electron chi connectivity index (χ2n) is 5.44. The van der Waals surface area contributed by atoms with Gasteiger partial charge in [-0.1, -0.05) is 42.1 Å². The van der Waals surface area contributed by atoms with Crippen molar-refractivity contribution < 1.29 is 14.4 Å². The summed E-state index contributed by atoms with van der Waals surface area (Å²) in [6.07, 6.45) is 2.61. The first-order valence-electron chi connectivity index (χ1n) is 7.66. The number of Topliss-reactive ketones (excluding diaryl/α,β-unsaturated/α-hetero) is 1. The van der Waals surface area contributed by atoms with Gasteiger partial charge in [0.25, 0.3) is 0 Å². The number of ketones is 3. The van der Waals surface area contributed by atoms with Crippen LogP contribution in [0.5, 0.6) is 0 Å². The van der Waals surface area contributed by atoms with Crippen LogP contribution in [0.1, 0.15) is 17.3 Å². The Kier molecular flexibility index (Phi) is 4.95. The highest BCUT2D eigenvalue weighted by Crippen LogP contribution is 2.30. The Morgan fingerprint density at radius 3 is 2.28 bits per heavy atom. The van der Waals surface area contributed by atoms with E-state index in [1.807, 2.05) is 30.3 Å². The van der Waals surface area contributed by atoms with Crippen molar-refractivity contribution in [3.8, 4) is 0 Å². The second-order valence-corrected chi connectivity index (χ2v) is 6.55. The van der Waals surface area contributed by atoms with Crippen molar-refractivity contribution in [1.82, 2.24) is 0 Å². The lowest BCUT2D eigenvalue weighted by Crippen LogP contribution is -2.18. The van der Waals surface area contributed by atoms with E-state index < -0.39 is 0 Å². The summed E-state index contributed by atoms with van der Waals surface area (Å²) in [5.74, 6) is -0.651. The standard InChI is InChI=1S/C20H15NO3S/c1-13(22)15-9-5-6-10-16(15)21-17-11-19(24)20(12-18(17)23)25-14-7-3-2-4-8-14/h2-12,21H,1H3. The van der Waals surface area contributed by atoms with Crippen molar-refractivity contribution in [2.75, 3.05) is 5.32 Å². The van der Waals surface area contributed by atoms with Gasteiger partial charge in [0.1, 0.15) is 0 Å². The fourth-order valence-corrected chi connectivity index (χ4v) is 3.25. The largest absolute Gasteiger partial charge is 0.352 e. The van der Waals surface area contributed by atoms with E-state index in [2.05, 4.69) is 5.32 Å². The maximum absolute atomic E-state index is 12.4. The molecule has 5 heteroatoms. The lowest BCUT2D eigenvalue weighted by molar-refractivity contribution is -0.114. The Morgan fingerprint density at radius 2 is 1.56 bits per heavy atom. The molecule has 0 radical (unpaired) electrons. The summed E-state index contributed by atoms with van der Waals surface area (Å²) in [6, 6.07) is 16.3. The molecule has 0 unspecified atom stereocenters. The van der Waals surface area contributed by atoms with Gasteiger partial charge in [-0.3, -0.25) is 14.4 Å². The number of anilines is 1. The molecule has 1 N–H and O–H groups in total. The Hall–Kier alpha value is -2.92. The van der Waals surface area contributed by atoms with E-state index in [9.17, 15) is 14.4 Å². The zero-order chi connectivity index (χ0) is 17.8. The molecule has 1 aliphatic rings. The van der Waals surface area contributed by atoms with Crippen LogP contribution in [0.3, 0.4) is 0 Å². The number of benzene rings is 2. The van der Waals surface area contributed by atoms with Crippen molar-refractivity contribution in [2.45, 2.75) is 11.8 Å². The second kappa shape index (κ2) is 7.32.